The number of halogens is 1. The van der Waals surface area contributed by atoms with Crippen LogP contribution in [0, 0.1) is 38.4 Å². The van der Waals surface area contributed by atoms with Crippen molar-refractivity contribution in [1.82, 2.24) is 20.0 Å². The third-order valence-corrected chi connectivity index (χ3v) is 8.97. The molecule has 0 amide bonds. The average Bonchev–Trinajstić information content (AvgIpc) is 3.01. The zero-order valence-electron chi connectivity index (χ0n) is 28.3. The molecule has 7 heteroatoms. The minimum Gasteiger partial charge on any atom is -0.388 e. The summed E-state index contributed by atoms with van der Waals surface area (Å²) in [6, 6.07) is 10.1. The van der Waals surface area contributed by atoms with Crippen LogP contribution >= 0.6 is 0 Å². The highest BCUT2D eigenvalue weighted by atomic mass is 19.1. The first-order chi connectivity index (χ1) is 21.4. The number of amidine groups is 1. The van der Waals surface area contributed by atoms with E-state index in [4.69, 9.17) is 0 Å². The van der Waals surface area contributed by atoms with Crippen LogP contribution in [0.5, 0.6) is 0 Å². The molecule has 2 aromatic rings. The van der Waals surface area contributed by atoms with Gasteiger partial charge in [-0.1, -0.05) is 44.9 Å². The summed E-state index contributed by atoms with van der Waals surface area (Å²) in [6.07, 6.45) is 7.56. The molecule has 2 aliphatic heterocycles. The Balaban J connectivity index is 1.36. The molecule has 0 aliphatic carbocycles. The van der Waals surface area contributed by atoms with E-state index in [1.165, 1.54) is 5.70 Å². The number of aryl methyl sites for hydroxylation is 2. The smallest absolute Gasteiger partial charge is 0.154 e. The average molecular weight is 611 g/mol. The van der Waals surface area contributed by atoms with Gasteiger partial charge >= 0.3 is 0 Å². The van der Waals surface area contributed by atoms with Crippen molar-refractivity contribution in [1.29, 1.82) is 0 Å². The summed E-state index contributed by atoms with van der Waals surface area (Å²) in [4.78, 5) is 11.1. The number of piperidine rings is 1. The quantitative estimate of drug-likeness (QED) is 0.271. The minimum absolute atomic E-state index is 0.219. The Hall–Kier alpha value is -4.10. The Morgan fingerprint density at radius 3 is 2.42 bits per heavy atom. The van der Waals surface area contributed by atoms with Gasteiger partial charge in [0, 0.05) is 72.7 Å². The topological polar surface area (TPSA) is 46.1 Å². The molecule has 45 heavy (non-hydrogen) atoms. The van der Waals surface area contributed by atoms with Gasteiger partial charge in [0.25, 0.3) is 0 Å². The summed E-state index contributed by atoms with van der Waals surface area (Å²) in [6.45, 7) is 27.1. The molecule has 2 N–H and O–H groups in total. The second-order valence-electron chi connectivity index (χ2n) is 12.8. The summed E-state index contributed by atoms with van der Waals surface area (Å²) in [5.74, 6) is 1.46. The molecule has 0 saturated carbocycles. The highest BCUT2D eigenvalue weighted by Crippen LogP contribution is 2.32. The first-order valence-corrected chi connectivity index (χ1v) is 16.0. The van der Waals surface area contributed by atoms with E-state index >= 15 is 4.39 Å². The fourth-order valence-corrected chi connectivity index (χ4v) is 6.19. The van der Waals surface area contributed by atoms with E-state index in [9.17, 15) is 0 Å². The standard InChI is InChI=1S/C38H51FN6/c1-11-36(35-14-12-26(3)28(5)37(35)39)45-21-18-40-38(31(45)8)42-33-13-15-34(27(4)22-33)30(7)44-19-16-32(17-20-44)29(6)41-23-25(2)24-43(9)10/h11-15,18,21-22,25,32,41H,6-8,16-17,19-20,23-24H2,1-5,9-10H3,(H,40,42)/b36-11-. The van der Waals surface area contributed by atoms with Crippen molar-refractivity contribution < 1.29 is 4.39 Å². The van der Waals surface area contributed by atoms with Crippen molar-refractivity contribution in [2.75, 3.05) is 45.6 Å². The Morgan fingerprint density at radius 1 is 1.09 bits per heavy atom. The summed E-state index contributed by atoms with van der Waals surface area (Å²) in [5, 5.41) is 7.04. The lowest BCUT2D eigenvalue weighted by atomic mass is 9.92. The number of aliphatic imine (C=N–C) groups is 1. The molecule has 240 valence electrons. The normalized spacial score (nSPS) is 16.6. The number of anilines is 1. The van der Waals surface area contributed by atoms with Gasteiger partial charge in [-0.05, 0) is 95.4 Å². The van der Waals surface area contributed by atoms with Gasteiger partial charge in [-0.25, -0.2) is 9.38 Å². The molecular formula is C38H51FN6. The van der Waals surface area contributed by atoms with Crippen LogP contribution in [-0.4, -0.2) is 60.8 Å². The first-order valence-electron chi connectivity index (χ1n) is 16.0. The van der Waals surface area contributed by atoms with Gasteiger partial charge in [-0.2, -0.15) is 0 Å². The molecule has 1 fully saturated rings. The van der Waals surface area contributed by atoms with Crippen molar-refractivity contribution in [3.63, 3.8) is 0 Å². The van der Waals surface area contributed by atoms with E-state index in [0.29, 0.717) is 34.5 Å². The van der Waals surface area contributed by atoms with Crippen LogP contribution in [0.25, 0.3) is 11.4 Å². The van der Waals surface area contributed by atoms with E-state index in [1.54, 1.807) is 6.20 Å². The van der Waals surface area contributed by atoms with E-state index in [0.717, 1.165) is 72.8 Å². The zero-order chi connectivity index (χ0) is 32.8. The number of hydrogen-bond acceptors (Lipinski definition) is 6. The van der Waals surface area contributed by atoms with E-state index < -0.39 is 0 Å². The van der Waals surface area contributed by atoms with Crippen molar-refractivity contribution in [3.8, 4) is 0 Å². The highest BCUT2D eigenvalue weighted by molar-refractivity contribution is 6.09. The molecule has 2 aliphatic rings. The van der Waals surface area contributed by atoms with Crippen LogP contribution < -0.4 is 10.6 Å². The second kappa shape index (κ2) is 14.8. The predicted octanol–water partition coefficient (Wildman–Crippen LogP) is 7.91. The predicted molar refractivity (Wildman–Crippen MR) is 190 cm³/mol. The van der Waals surface area contributed by atoms with Crippen molar-refractivity contribution >= 4 is 22.9 Å². The number of likely N-dealkylation sites (tertiary alicyclic amines) is 1. The lowest BCUT2D eigenvalue weighted by Gasteiger charge is -2.36. The molecule has 0 aromatic heterocycles. The third kappa shape index (κ3) is 7.95. The van der Waals surface area contributed by atoms with Crippen LogP contribution in [0.3, 0.4) is 0 Å². The fraction of sp³-hybridized carbons (Fsp3) is 0.395. The van der Waals surface area contributed by atoms with Gasteiger partial charge in [0.2, 0.25) is 0 Å². The van der Waals surface area contributed by atoms with Crippen LogP contribution in [0.1, 0.15) is 54.5 Å². The lowest BCUT2D eigenvalue weighted by molar-refractivity contribution is 0.268. The van der Waals surface area contributed by atoms with E-state index in [-0.39, 0.29) is 5.82 Å². The summed E-state index contributed by atoms with van der Waals surface area (Å²) >= 11 is 0. The summed E-state index contributed by atoms with van der Waals surface area (Å²) < 4.78 is 15.3. The van der Waals surface area contributed by atoms with Gasteiger partial charge in [0.05, 0.1) is 11.4 Å². The van der Waals surface area contributed by atoms with Crippen molar-refractivity contribution in [2.24, 2.45) is 16.8 Å². The van der Waals surface area contributed by atoms with Gasteiger partial charge in [0.1, 0.15) is 5.82 Å². The molecule has 2 aromatic carbocycles. The number of nitrogens with zero attached hydrogens (tertiary/aromatic N) is 4. The Bertz CT molecular complexity index is 1520. The van der Waals surface area contributed by atoms with Gasteiger partial charge in [-0.15, -0.1) is 0 Å². The van der Waals surface area contributed by atoms with Crippen LogP contribution in [0.2, 0.25) is 0 Å². The van der Waals surface area contributed by atoms with E-state index in [2.05, 4.69) is 91.3 Å². The molecule has 0 radical (unpaired) electrons. The molecule has 1 saturated heterocycles. The monoisotopic (exact) mass is 610 g/mol. The Morgan fingerprint density at radius 2 is 1.78 bits per heavy atom. The SMILES string of the molecule is C=C(NCC(C)CN(C)C)C1CCN(C(=C)c2ccc(NC3=NC=CN(/C(=C\C)c4ccc(C)c(C)c4F)C3=C)cc2C)CC1. The lowest BCUT2D eigenvalue weighted by Crippen LogP contribution is -2.36. The minimum atomic E-state index is -0.219. The second-order valence-corrected chi connectivity index (χ2v) is 12.8. The van der Waals surface area contributed by atoms with Crippen LogP contribution in [0.4, 0.5) is 10.1 Å². The van der Waals surface area contributed by atoms with Crippen LogP contribution in [0.15, 0.2) is 84.9 Å². The number of benzene rings is 2. The highest BCUT2D eigenvalue weighted by Gasteiger charge is 2.25. The zero-order valence-corrected chi connectivity index (χ0v) is 28.3. The summed E-state index contributed by atoms with van der Waals surface area (Å²) in [7, 11) is 4.23. The van der Waals surface area contributed by atoms with E-state index in [1.807, 2.05) is 50.1 Å². The molecule has 1 unspecified atom stereocenters. The molecule has 6 nitrogen and oxygen atoms in total. The number of nitrogens with one attached hydrogen (secondary N) is 2. The Labute approximate surface area is 270 Å². The van der Waals surface area contributed by atoms with Gasteiger partial charge in [-0.3, -0.25) is 0 Å². The third-order valence-electron chi connectivity index (χ3n) is 8.97. The Kier molecular flexibility index (Phi) is 11.1. The number of allylic oxidation sites excluding steroid dienone is 2. The molecule has 2 heterocycles. The number of hydrogen-bond donors (Lipinski definition) is 2. The molecular weight excluding hydrogens is 559 g/mol. The van der Waals surface area contributed by atoms with Crippen molar-refractivity contribution in [3.05, 3.63) is 114 Å². The molecule has 4 rings (SSSR count). The molecule has 0 spiro atoms. The largest absolute Gasteiger partial charge is 0.388 e. The number of rotatable bonds is 11. The fourth-order valence-electron chi connectivity index (χ4n) is 6.19. The maximum atomic E-state index is 15.3. The van der Waals surface area contributed by atoms with Gasteiger partial charge in [0.15, 0.2) is 5.84 Å². The maximum absolute atomic E-state index is 15.3. The summed E-state index contributed by atoms with van der Waals surface area (Å²) in [5.41, 5.74) is 8.86. The maximum Gasteiger partial charge on any atom is 0.154 e. The molecule has 0 bridgehead atoms. The van der Waals surface area contributed by atoms with Gasteiger partial charge < -0.3 is 25.3 Å². The van der Waals surface area contributed by atoms with Crippen LogP contribution in [-0.2, 0) is 0 Å². The molecule has 1 atom stereocenters. The first kappa shape index (κ1) is 33.8. The van der Waals surface area contributed by atoms with Crippen molar-refractivity contribution in [2.45, 2.75) is 47.5 Å².